The van der Waals surface area contributed by atoms with Gasteiger partial charge < -0.3 is 14.6 Å². The van der Waals surface area contributed by atoms with Crippen molar-refractivity contribution in [3.05, 3.63) is 48.3 Å². The molecule has 4 rings (SSSR count). The number of nitrogens with zero attached hydrogens (tertiary/aromatic N) is 3. The summed E-state index contributed by atoms with van der Waals surface area (Å²) < 4.78 is 7.86. The van der Waals surface area contributed by atoms with Crippen LogP contribution in [-0.4, -0.2) is 39.1 Å². The van der Waals surface area contributed by atoms with Crippen LogP contribution >= 0.6 is 11.8 Å². The first-order chi connectivity index (χ1) is 13.7. The predicted octanol–water partition coefficient (Wildman–Crippen LogP) is 3.90. The van der Waals surface area contributed by atoms with Gasteiger partial charge in [-0.1, -0.05) is 55.1 Å². The molecule has 1 aliphatic heterocycles. The number of anilines is 1. The second kappa shape index (κ2) is 8.75. The second-order valence-corrected chi connectivity index (χ2v) is 7.80. The first-order valence-electron chi connectivity index (χ1n) is 9.68. The first kappa shape index (κ1) is 19.0. The van der Waals surface area contributed by atoms with E-state index in [0.717, 1.165) is 59.9 Å². The molecule has 1 atom stereocenters. The molecule has 1 aliphatic rings. The van der Waals surface area contributed by atoms with E-state index in [4.69, 9.17) is 4.74 Å². The van der Waals surface area contributed by atoms with Crippen LogP contribution in [-0.2, 0) is 22.5 Å². The Morgan fingerprint density at radius 3 is 2.93 bits per heavy atom. The van der Waals surface area contributed by atoms with Gasteiger partial charge in [0.1, 0.15) is 5.82 Å². The van der Waals surface area contributed by atoms with E-state index < -0.39 is 0 Å². The van der Waals surface area contributed by atoms with Gasteiger partial charge in [0, 0.05) is 24.1 Å². The van der Waals surface area contributed by atoms with Crippen LogP contribution in [0.3, 0.4) is 0 Å². The van der Waals surface area contributed by atoms with Crippen LogP contribution in [0.25, 0.3) is 10.8 Å². The van der Waals surface area contributed by atoms with Gasteiger partial charge in [-0.2, -0.15) is 0 Å². The molecule has 3 aromatic rings. The zero-order valence-corrected chi connectivity index (χ0v) is 16.7. The minimum atomic E-state index is -0.0499. The number of rotatable bonds is 7. The summed E-state index contributed by atoms with van der Waals surface area (Å²) in [5, 5.41) is 14.5. The summed E-state index contributed by atoms with van der Waals surface area (Å²) in [5.74, 6) is 1.18. The van der Waals surface area contributed by atoms with E-state index in [1.807, 2.05) is 42.5 Å². The molecule has 0 aliphatic carbocycles. The molecular weight excluding hydrogens is 372 g/mol. The molecule has 28 heavy (non-hydrogen) atoms. The number of fused-ring (bicyclic) bond motifs is 1. The predicted molar refractivity (Wildman–Crippen MR) is 112 cm³/mol. The number of aromatic nitrogens is 3. The quantitative estimate of drug-likeness (QED) is 0.614. The highest BCUT2D eigenvalue weighted by Gasteiger charge is 2.21. The van der Waals surface area contributed by atoms with Crippen LogP contribution in [0.4, 0.5) is 5.69 Å². The van der Waals surface area contributed by atoms with Crippen LogP contribution in [0.15, 0.2) is 47.6 Å². The van der Waals surface area contributed by atoms with Gasteiger partial charge >= 0.3 is 0 Å². The Bertz CT molecular complexity index is 961. The summed E-state index contributed by atoms with van der Waals surface area (Å²) in [7, 11) is 0. The maximum absolute atomic E-state index is 12.5. The lowest BCUT2D eigenvalue weighted by atomic mass is 10.1. The van der Waals surface area contributed by atoms with Crippen molar-refractivity contribution in [2.24, 2.45) is 0 Å². The van der Waals surface area contributed by atoms with Gasteiger partial charge in [0.15, 0.2) is 5.16 Å². The van der Waals surface area contributed by atoms with Crippen molar-refractivity contribution < 1.29 is 9.53 Å². The Kier molecular flexibility index (Phi) is 5.92. The van der Waals surface area contributed by atoms with Crippen molar-refractivity contribution in [2.75, 3.05) is 17.7 Å². The van der Waals surface area contributed by atoms with Crippen molar-refractivity contribution in [2.45, 2.75) is 44.0 Å². The van der Waals surface area contributed by atoms with E-state index in [2.05, 4.69) is 27.0 Å². The molecule has 0 spiro atoms. The van der Waals surface area contributed by atoms with Gasteiger partial charge in [0.05, 0.1) is 18.4 Å². The lowest BCUT2D eigenvalue weighted by molar-refractivity contribution is -0.113. The second-order valence-electron chi connectivity index (χ2n) is 6.86. The molecule has 1 saturated heterocycles. The standard InChI is InChI=1S/C21H24N4O2S/c1-2-19-23-24-21(25(19)13-16-9-6-12-27-16)28-14-20(26)22-18-11-5-8-15-7-3-4-10-17(15)18/h3-5,7-8,10-11,16H,2,6,9,12-14H2,1H3,(H,22,26). The number of amides is 1. The van der Waals surface area contributed by atoms with Gasteiger partial charge in [0.25, 0.3) is 0 Å². The molecular formula is C21H24N4O2S. The molecule has 1 amide bonds. The molecule has 0 saturated carbocycles. The largest absolute Gasteiger partial charge is 0.376 e. The molecule has 1 unspecified atom stereocenters. The van der Waals surface area contributed by atoms with Crippen molar-refractivity contribution in [3.63, 3.8) is 0 Å². The number of carbonyl (C=O) groups excluding carboxylic acids is 1. The monoisotopic (exact) mass is 396 g/mol. The first-order valence-corrected chi connectivity index (χ1v) is 10.7. The number of hydrogen-bond acceptors (Lipinski definition) is 5. The summed E-state index contributed by atoms with van der Waals surface area (Å²) in [4.78, 5) is 12.5. The minimum Gasteiger partial charge on any atom is -0.376 e. The van der Waals surface area contributed by atoms with Crippen molar-refractivity contribution in [1.82, 2.24) is 14.8 Å². The van der Waals surface area contributed by atoms with Crippen LogP contribution in [0, 0.1) is 0 Å². The topological polar surface area (TPSA) is 69.0 Å². The number of thioether (sulfide) groups is 1. The number of nitrogens with one attached hydrogen (secondary N) is 1. The van der Waals surface area contributed by atoms with Crippen LogP contribution in [0.5, 0.6) is 0 Å². The highest BCUT2D eigenvalue weighted by Crippen LogP contribution is 2.25. The number of benzene rings is 2. The van der Waals surface area contributed by atoms with Gasteiger partial charge in [-0.05, 0) is 24.3 Å². The fourth-order valence-electron chi connectivity index (χ4n) is 3.51. The molecule has 0 radical (unpaired) electrons. The Balaban J connectivity index is 1.42. The van der Waals surface area contributed by atoms with Crippen molar-refractivity contribution >= 4 is 34.1 Å². The fraction of sp³-hybridized carbons (Fsp3) is 0.381. The summed E-state index contributed by atoms with van der Waals surface area (Å²) >= 11 is 1.42. The van der Waals surface area contributed by atoms with E-state index in [-0.39, 0.29) is 17.8 Å². The van der Waals surface area contributed by atoms with Gasteiger partial charge in [0.2, 0.25) is 5.91 Å². The lowest BCUT2D eigenvalue weighted by Crippen LogP contribution is -2.19. The Labute approximate surface area is 168 Å². The third kappa shape index (κ3) is 4.20. The molecule has 2 aromatic carbocycles. The lowest BCUT2D eigenvalue weighted by Gasteiger charge is -2.14. The van der Waals surface area contributed by atoms with Crippen LogP contribution in [0.2, 0.25) is 0 Å². The zero-order valence-electron chi connectivity index (χ0n) is 15.9. The number of carbonyl (C=O) groups is 1. The average Bonchev–Trinajstić information content (AvgIpc) is 3.37. The smallest absolute Gasteiger partial charge is 0.234 e. The third-order valence-electron chi connectivity index (χ3n) is 4.92. The highest BCUT2D eigenvalue weighted by molar-refractivity contribution is 7.99. The van der Waals surface area contributed by atoms with Gasteiger partial charge in [-0.15, -0.1) is 10.2 Å². The van der Waals surface area contributed by atoms with Crippen LogP contribution in [0.1, 0.15) is 25.6 Å². The van der Waals surface area contributed by atoms with Gasteiger partial charge in [-0.3, -0.25) is 4.79 Å². The summed E-state index contributed by atoms with van der Waals surface area (Å²) in [6.45, 7) is 3.64. The maximum atomic E-state index is 12.5. The van der Waals surface area contributed by atoms with E-state index in [0.29, 0.717) is 0 Å². The Hall–Kier alpha value is -2.38. The molecule has 146 valence electrons. The molecule has 1 fully saturated rings. The normalized spacial score (nSPS) is 16.5. The van der Waals surface area contributed by atoms with E-state index in [9.17, 15) is 4.79 Å². The molecule has 2 heterocycles. The summed E-state index contributed by atoms with van der Waals surface area (Å²) in [6, 6.07) is 14.0. The van der Waals surface area contributed by atoms with Crippen molar-refractivity contribution in [3.8, 4) is 0 Å². The number of aryl methyl sites for hydroxylation is 1. The highest BCUT2D eigenvalue weighted by atomic mass is 32.2. The average molecular weight is 397 g/mol. The maximum Gasteiger partial charge on any atom is 0.234 e. The Morgan fingerprint density at radius 1 is 1.25 bits per heavy atom. The third-order valence-corrected chi connectivity index (χ3v) is 5.88. The van der Waals surface area contributed by atoms with E-state index in [1.54, 1.807) is 0 Å². The molecule has 1 N–H and O–H groups in total. The Morgan fingerprint density at radius 2 is 2.11 bits per heavy atom. The fourth-order valence-corrected chi connectivity index (χ4v) is 4.28. The number of hydrogen-bond donors (Lipinski definition) is 1. The zero-order chi connectivity index (χ0) is 19.3. The summed E-state index contributed by atoms with van der Waals surface area (Å²) in [6.07, 6.45) is 3.18. The van der Waals surface area contributed by atoms with E-state index >= 15 is 0 Å². The van der Waals surface area contributed by atoms with E-state index in [1.165, 1.54) is 11.8 Å². The van der Waals surface area contributed by atoms with Gasteiger partial charge in [-0.25, -0.2) is 0 Å². The minimum absolute atomic E-state index is 0.0499. The molecule has 0 bridgehead atoms. The molecule has 1 aromatic heterocycles. The SMILES string of the molecule is CCc1nnc(SCC(=O)Nc2cccc3ccccc23)n1CC1CCCO1. The molecule has 6 nitrogen and oxygen atoms in total. The van der Waals surface area contributed by atoms with Crippen LogP contribution < -0.4 is 5.32 Å². The van der Waals surface area contributed by atoms with Crippen molar-refractivity contribution in [1.29, 1.82) is 0 Å². The number of ether oxygens (including phenoxy) is 1. The molecule has 7 heteroatoms. The summed E-state index contributed by atoms with van der Waals surface area (Å²) in [5.41, 5.74) is 0.832.